The molecule has 1 aromatic carbocycles. The predicted octanol–water partition coefficient (Wildman–Crippen LogP) is 4.39. The molecule has 84 valence electrons. The Bertz CT molecular complexity index is 438. The van der Waals surface area contributed by atoms with Gasteiger partial charge in [0.15, 0.2) is 6.10 Å². The molecule has 0 aliphatic carbocycles. The Hall–Kier alpha value is -0.700. The summed E-state index contributed by atoms with van der Waals surface area (Å²) >= 11 is 17.0. The fraction of sp³-hybridized carbons (Fsp3) is 0.182. The maximum atomic E-state index is 5.88. The fourth-order valence-corrected chi connectivity index (χ4v) is 1.79. The highest BCUT2D eigenvalue weighted by Gasteiger charge is 2.25. The van der Waals surface area contributed by atoms with Crippen LogP contribution in [0.4, 0.5) is 0 Å². The van der Waals surface area contributed by atoms with Gasteiger partial charge in [0.2, 0.25) is 0 Å². The third-order valence-electron chi connectivity index (χ3n) is 2.26. The van der Waals surface area contributed by atoms with Crippen molar-refractivity contribution in [1.82, 2.24) is 0 Å². The minimum atomic E-state index is -0.113. The normalized spacial score (nSPS) is 18.9. The molecule has 1 aromatic rings. The number of hydrogen-bond donors (Lipinski definition) is 0. The molecule has 0 spiro atoms. The standard InChI is InChI=1S/C11H8Cl3NO/c12-10(11(13)14)8-6-9(16-15-8)7-4-2-1-3-5-7/h1-5,9H,6H2. The van der Waals surface area contributed by atoms with E-state index in [-0.39, 0.29) is 15.6 Å². The van der Waals surface area contributed by atoms with Crippen LogP contribution in [0.15, 0.2) is 45.0 Å². The lowest BCUT2D eigenvalue weighted by molar-refractivity contribution is 0.0857. The molecule has 0 saturated carbocycles. The average molecular weight is 277 g/mol. The van der Waals surface area contributed by atoms with Crippen molar-refractivity contribution >= 4 is 40.5 Å². The fourth-order valence-electron chi connectivity index (χ4n) is 1.46. The van der Waals surface area contributed by atoms with E-state index in [0.717, 1.165) is 5.56 Å². The topological polar surface area (TPSA) is 21.6 Å². The molecule has 1 unspecified atom stereocenters. The quantitative estimate of drug-likeness (QED) is 0.785. The molecule has 1 aliphatic rings. The summed E-state index contributed by atoms with van der Waals surface area (Å²) < 4.78 is 0.0118. The largest absolute Gasteiger partial charge is 0.387 e. The summed E-state index contributed by atoms with van der Waals surface area (Å²) in [5.74, 6) is 0. The zero-order valence-electron chi connectivity index (χ0n) is 8.16. The van der Waals surface area contributed by atoms with Gasteiger partial charge in [-0.2, -0.15) is 0 Å². The van der Waals surface area contributed by atoms with E-state index in [1.165, 1.54) is 0 Å². The first-order chi connectivity index (χ1) is 7.68. The first kappa shape index (κ1) is 11.8. The lowest BCUT2D eigenvalue weighted by atomic mass is 10.0. The van der Waals surface area contributed by atoms with E-state index in [9.17, 15) is 0 Å². The molecule has 0 aromatic heterocycles. The van der Waals surface area contributed by atoms with Crippen LogP contribution in [0.25, 0.3) is 0 Å². The van der Waals surface area contributed by atoms with Gasteiger partial charge in [-0.25, -0.2) is 0 Å². The van der Waals surface area contributed by atoms with E-state index in [1.807, 2.05) is 30.3 Å². The number of rotatable bonds is 2. The van der Waals surface area contributed by atoms with Gasteiger partial charge in [0.1, 0.15) is 10.2 Å². The molecule has 1 aliphatic heterocycles. The van der Waals surface area contributed by atoms with Crippen molar-refractivity contribution in [2.24, 2.45) is 5.16 Å². The highest BCUT2D eigenvalue weighted by Crippen LogP contribution is 2.32. The van der Waals surface area contributed by atoms with Crippen LogP contribution in [0, 0.1) is 0 Å². The van der Waals surface area contributed by atoms with E-state index < -0.39 is 0 Å². The van der Waals surface area contributed by atoms with Gasteiger partial charge < -0.3 is 4.84 Å². The van der Waals surface area contributed by atoms with E-state index >= 15 is 0 Å². The Kier molecular flexibility index (Phi) is 3.74. The Morgan fingerprint density at radius 1 is 1.19 bits per heavy atom. The van der Waals surface area contributed by atoms with Crippen molar-refractivity contribution in [3.05, 3.63) is 45.4 Å². The molecule has 0 amide bonds. The maximum Gasteiger partial charge on any atom is 0.158 e. The third kappa shape index (κ3) is 2.51. The Balaban J connectivity index is 2.11. The summed E-state index contributed by atoms with van der Waals surface area (Å²) in [5.41, 5.74) is 1.63. The van der Waals surface area contributed by atoms with Crippen molar-refractivity contribution in [2.45, 2.75) is 12.5 Å². The van der Waals surface area contributed by atoms with Crippen LogP contribution in [-0.2, 0) is 4.84 Å². The predicted molar refractivity (Wildman–Crippen MR) is 66.9 cm³/mol. The van der Waals surface area contributed by atoms with Gasteiger partial charge in [0.25, 0.3) is 0 Å². The number of hydrogen-bond acceptors (Lipinski definition) is 2. The lowest BCUT2D eigenvalue weighted by Gasteiger charge is -2.07. The SMILES string of the molecule is ClC(Cl)=C(Cl)C1=NOC(c2ccccc2)C1. The maximum absolute atomic E-state index is 5.88. The Morgan fingerprint density at radius 3 is 2.50 bits per heavy atom. The smallest absolute Gasteiger partial charge is 0.158 e. The van der Waals surface area contributed by atoms with Crippen molar-refractivity contribution in [3.63, 3.8) is 0 Å². The molecule has 1 atom stereocenters. The van der Waals surface area contributed by atoms with Gasteiger partial charge in [0, 0.05) is 6.42 Å². The monoisotopic (exact) mass is 275 g/mol. The second kappa shape index (κ2) is 5.09. The van der Waals surface area contributed by atoms with Gasteiger partial charge in [-0.3, -0.25) is 0 Å². The van der Waals surface area contributed by atoms with Crippen LogP contribution in [0.1, 0.15) is 18.1 Å². The molecule has 2 rings (SSSR count). The van der Waals surface area contributed by atoms with Crippen LogP contribution in [0.2, 0.25) is 0 Å². The Morgan fingerprint density at radius 2 is 1.88 bits per heavy atom. The van der Waals surface area contributed by atoms with Crippen LogP contribution in [0.3, 0.4) is 0 Å². The molecule has 1 heterocycles. The second-order valence-electron chi connectivity index (χ2n) is 3.32. The summed E-state index contributed by atoms with van der Waals surface area (Å²) in [6.07, 6.45) is 0.462. The van der Waals surface area contributed by atoms with E-state index in [0.29, 0.717) is 12.1 Å². The zero-order valence-corrected chi connectivity index (χ0v) is 10.4. The second-order valence-corrected chi connectivity index (χ2v) is 4.65. The molecule has 2 nitrogen and oxygen atoms in total. The van der Waals surface area contributed by atoms with Gasteiger partial charge in [-0.05, 0) is 5.56 Å². The van der Waals surface area contributed by atoms with Crippen molar-refractivity contribution in [2.75, 3.05) is 0 Å². The third-order valence-corrected chi connectivity index (χ3v) is 3.24. The van der Waals surface area contributed by atoms with Gasteiger partial charge in [-0.15, -0.1) is 0 Å². The zero-order chi connectivity index (χ0) is 11.5. The summed E-state index contributed by atoms with van der Waals surface area (Å²) in [6, 6.07) is 9.79. The molecule has 0 bridgehead atoms. The number of halogens is 3. The summed E-state index contributed by atoms with van der Waals surface area (Å²) in [5, 5.41) is 4.12. The number of benzene rings is 1. The number of nitrogens with zero attached hydrogens (tertiary/aromatic N) is 1. The van der Waals surface area contributed by atoms with E-state index in [2.05, 4.69) is 5.16 Å². The van der Waals surface area contributed by atoms with Crippen LogP contribution < -0.4 is 0 Å². The summed E-state index contributed by atoms with van der Waals surface area (Å²) in [4.78, 5) is 5.27. The molecule has 0 radical (unpaired) electrons. The van der Waals surface area contributed by atoms with Crippen LogP contribution in [0.5, 0.6) is 0 Å². The summed E-state index contributed by atoms with van der Waals surface area (Å²) in [7, 11) is 0. The highest BCUT2D eigenvalue weighted by atomic mass is 35.5. The van der Waals surface area contributed by atoms with Gasteiger partial charge >= 0.3 is 0 Å². The van der Waals surface area contributed by atoms with E-state index in [4.69, 9.17) is 39.6 Å². The molecular formula is C11H8Cl3NO. The number of allylic oxidation sites excluding steroid dienone is 1. The Labute approximate surface area is 108 Å². The first-order valence-electron chi connectivity index (χ1n) is 4.67. The lowest BCUT2D eigenvalue weighted by Crippen LogP contribution is -2.00. The minimum absolute atomic E-state index is 0.0118. The molecular weight excluding hydrogens is 268 g/mol. The van der Waals surface area contributed by atoms with Crippen molar-refractivity contribution in [3.8, 4) is 0 Å². The molecule has 0 fully saturated rings. The number of oxime groups is 1. The van der Waals surface area contributed by atoms with Crippen molar-refractivity contribution in [1.29, 1.82) is 0 Å². The van der Waals surface area contributed by atoms with Crippen LogP contribution >= 0.6 is 34.8 Å². The van der Waals surface area contributed by atoms with Crippen LogP contribution in [-0.4, -0.2) is 5.71 Å². The molecule has 5 heteroatoms. The molecule has 0 saturated heterocycles. The summed E-state index contributed by atoms with van der Waals surface area (Å²) in [6.45, 7) is 0. The molecule has 16 heavy (non-hydrogen) atoms. The highest BCUT2D eigenvalue weighted by molar-refractivity contribution is 6.63. The van der Waals surface area contributed by atoms with E-state index in [1.54, 1.807) is 0 Å². The van der Waals surface area contributed by atoms with Gasteiger partial charge in [-0.1, -0.05) is 70.3 Å². The van der Waals surface area contributed by atoms with Gasteiger partial charge in [0.05, 0.1) is 5.03 Å². The van der Waals surface area contributed by atoms with Crippen molar-refractivity contribution < 1.29 is 4.84 Å². The average Bonchev–Trinajstić information content (AvgIpc) is 2.78. The minimum Gasteiger partial charge on any atom is -0.387 e. The first-order valence-corrected chi connectivity index (χ1v) is 5.80. The molecule has 0 N–H and O–H groups in total.